The number of halogens is 1. The highest BCUT2D eigenvalue weighted by molar-refractivity contribution is 6.30. The van der Waals surface area contributed by atoms with Crippen molar-refractivity contribution in [2.24, 2.45) is 0 Å². The lowest BCUT2D eigenvalue weighted by Crippen LogP contribution is -2.09. The number of hydrogen-bond acceptors (Lipinski definition) is 4. The zero-order valence-corrected chi connectivity index (χ0v) is 13.0. The lowest BCUT2D eigenvalue weighted by atomic mass is 10.2. The summed E-state index contributed by atoms with van der Waals surface area (Å²) in [4.78, 5) is 10.8. The van der Waals surface area contributed by atoms with E-state index in [0.29, 0.717) is 5.15 Å². The van der Waals surface area contributed by atoms with Crippen molar-refractivity contribution in [3.8, 4) is 0 Å². The number of hydrogen-bond donors (Lipinski definition) is 1. The first-order valence-corrected chi connectivity index (χ1v) is 6.96. The summed E-state index contributed by atoms with van der Waals surface area (Å²) < 4.78 is 0. The van der Waals surface area contributed by atoms with Crippen LogP contribution in [0.4, 0.5) is 17.2 Å². The molecule has 0 aliphatic heterocycles. The summed E-state index contributed by atoms with van der Waals surface area (Å²) in [5.74, 6) is 1.50. The van der Waals surface area contributed by atoms with E-state index < -0.39 is 0 Å². The topological polar surface area (TPSA) is 41.1 Å². The Balaban J connectivity index is 2.34. The summed E-state index contributed by atoms with van der Waals surface area (Å²) >= 11 is 6.15. The Morgan fingerprint density at radius 2 is 2.00 bits per heavy atom. The molecule has 0 bridgehead atoms. The van der Waals surface area contributed by atoms with E-state index in [1.807, 2.05) is 40.1 Å². The second-order valence-corrected chi connectivity index (χ2v) is 5.19. The molecule has 0 saturated heterocycles. The van der Waals surface area contributed by atoms with Crippen LogP contribution in [-0.2, 0) is 6.42 Å². The SMILES string of the molecule is CCc1nc(Cl)c(C)c(Nc2cccc(N(C)C)c2)n1. The molecule has 2 aromatic rings. The molecule has 106 valence electrons. The van der Waals surface area contributed by atoms with E-state index in [4.69, 9.17) is 11.6 Å². The van der Waals surface area contributed by atoms with Gasteiger partial charge in [0.25, 0.3) is 0 Å². The molecule has 0 unspecified atom stereocenters. The van der Waals surface area contributed by atoms with Crippen LogP contribution in [-0.4, -0.2) is 24.1 Å². The second-order valence-electron chi connectivity index (χ2n) is 4.83. The zero-order chi connectivity index (χ0) is 14.7. The highest BCUT2D eigenvalue weighted by Gasteiger charge is 2.09. The van der Waals surface area contributed by atoms with Crippen molar-refractivity contribution in [3.05, 3.63) is 40.8 Å². The van der Waals surface area contributed by atoms with Crippen molar-refractivity contribution in [1.82, 2.24) is 9.97 Å². The van der Waals surface area contributed by atoms with Gasteiger partial charge >= 0.3 is 0 Å². The lowest BCUT2D eigenvalue weighted by molar-refractivity contribution is 0.934. The zero-order valence-electron chi connectivity index (χ0n) is 12.2. The number of nitrogens with one attached hydrogen (secondary N) is 1. The average molecular weight is 291 g/mol. The Morgan fingerprint density at radius 3 is 2.65 bits per heavy atom. The van der Waals surface area contributed by atoms with Crippen LogP contribution in [0.5, 0.6) is 0 Å². The van der Waals surface area contributed by atoms with E-state index in [1.54, 1.807) is 0 Å². The largest absolute Gasteiger partial charge is 0.378 e. The monoisotopic (exact) mass is 290 g/mol. The van der Waals surface area contributed by atoms with Gasteiger partial charge in [-0.2, -0.15) is 0 Å². The van der Waals surface area contributed by atoms with E-state index in [9.17, 15) is 0 Å². The Hall–Kier alpha value is -1.81. The molecule has 0 radical (unpaired) electrons. The number of benzene rings is 1. The molecule has 0 spiro atoms. The van der Waals surface area contributed by atoms with Crippen LogP contribution in [0.1, 0.15) is 18.3 Å². The predicted octanol–water partition coefficient (Wildman–Crippen LogP) is 3.81. The van der Waals surface area contributed by atoms with Gasteiger partial charge in [0.2, 0.25) is 0 Å². The van der Waals surface area contributed by atoms with Crippen LogP contribution in [0.3, 0.4) is 0 Å². The molecule has 0 saturated carbocycles. The van der Waals surface area contributed by atoms with Gasteiger partial charge in [0.05, 0.1) is 0 Å². The molecule has 1 heterocycles. The van der Waals surface area contributed by atoms with E-state index in [0.717, 1.165) is 35.0 Å². The lowest BCUT2D eigenvalue weighted by Gasteiger charge is -2.15. The standard InChI is InChI=1S/C15H19ClN4/c1-5-13-18-14(16)10(2)15(19-13)17-11-7-6-8-12(9-11)20(3)4/h6-9H,5H2,1-4H3,(H,17,18,19). The molecular formula is C15H19ClN4. The Bertz CT molecular complexity index is 611. The molecular weight excluding hydrogens is 272 g/mol. The molecule has 0 aliphatic carbocycles. The van der Waals surface area contributed by atoms with Gasteiger partial charge in [-0.05, 0) is 25.1 Å². The number of aryl methyl sites for hydroxylation is 1. The van der Waals surface area contributed by atoms with E-state index in [1.165, 1.54) is 0 Å². The van der Waals surface area contributed by atoms with Crippen molar-refractivity contribution in [2.45, 2.75) is 20.3 Å². The van der Waals surface area contributed by atoms with Gasteiger partial charge in [-0.1, -0.05) is 24.6 Å². The van der Waals surface area contributed by atoms with Gasteiger partial charge in [-0.25, -0.2) is 9.97 Å². The third-order valence-electron chi connectivity index (χ3n) is 3.07. The molecule has 1 aromatic carbocycles. The molecule has 0 aliphatic rings. The van der Waals surface area contributed by atoms with Crippen LogP contribution in [0.15, 0.2) is 24.3 Å². The molecule has 4 nitrogen and oxygen atoms in total. The van der Waals surface area contributed by atoms with Crippen molar-refractivity contribution < 1.29 is 0 Å². The minimum Gasteiger partial charge on any atom is -0.378 e. The van der Waals surface area contributed by atoms with Crippen LogP contribution in [0.2, 0.25) is 5.15 Å². The van der Waals surface area contributed by atoms with Crippen LogP contribution in [0, 0.1) is 6.92 Å². The maximum Gasteiger partial charge on any atom is 0.138 e. The highest BCUT2D eigenvalue weighted by atomic mass is 35.5. The van der Waals surface area contributed by atoms with Crippen LogP contribution < -0.4 is 10.2 Å². The molecule has 0 atom stereocenters. The van der Waals surface area contributed by atoms with E-state index >= 15 is 0 Å². The van der Waals surface area contributed by atoms with Crippen LogP contribution >= 0.6 is 11.6 Å². The second kappa shape index (κ2) is 6.09. The molecule has 1 aromatic heterocycles. The summed E-state index contributed by atoms with van der Waals surface area (Å²) in [6, 6.07) is 8.15. The van der Waals surface area contributed by atoms with Gasteiger partial charge in [0.1, 0.15) is 16.8 Å². The number of rotatable bonds is 4. The molecule has 0 amide bonds. The fraction of sp³-hybridized carbons (Fsp3) is 0.333. The first kappa shape index (κ1) is 14.6. The third kappa shape index (κ3) is 3.20. The van der Waals surface area contributed by atoms with Crippen molar-refractivity contribution in [1.29, 1.82) is 0 Å². The van der Waals surface area contributed by atoms with E-state index in [2.05, 4.69) is 32.3 Å². The predicted molar refractivity (Wildman–Crippen MR) is 85.2 cm³/mol. The summed E-state index contributed by atoms with van der Waals surface area (Å²) in [5.41, 5.74) is 2.97. The van der Waals surface area contributed by atoms with Crippen LogP contribution in [0.25, 0.3) is 0 Å². The third-order valence-corrected chi connectivity index (χ3v) is 3.44. The van der Waals surface area contributed by atoms with Crippen molar-refractivity contribution >= 4 is 28.8 Å². The van der Waals surface area contributed by atoms with Gasteiger partial charge in [-0.3, -0.25) is 0 Å². The molecule has 5 heteroatoms. The minimum absolute atomic E-state index is 0.503. The number of nitrogens with zero attached hydrogens (tertiary/aromatic N) is 3. The molecule has 2 rings (SSSR count). The molecule has 0 fully saturated rings. The number of anilines is 3. The highest BCUT2D eigenvalue weighted by Crippen LogP contribution is 2.25. The number of aromatic nitrogens is 2. The van der Waals surface area contributed by atoms with Crippen molar-refractivity contribution in [2.75, 3.05) is 24.3 Å². The summed E-state index contributed by atoms with van der Waals surface area (Å²) in [5, 5.41) is 3.82. The molecule has 20 heavy (non-hydrogen) atoms. The summed E-state index contributed by atoms with van der Waals surface area (Å²) in [6.07, 6.45) is 0.756. The first-order valence-electron chi connectivity index (χ1n) is 6.58. The Labute approximate surface area is 124 Å². The Morgan fingerprint density at radius 1 is 1.25 bits per heavy atom. The fourth-order valence-electron chi connectivity index (χ4n) is 1.81. The normalized spacial score (nSPS) is 10.4. The maximum absolute atomic E-state index is 6.15. The van der Waals surface area contributed by atoms with Gasteiger partial charge in [0, 0.05) is 37.5 Å². The summed E-state index contributed by atoms with van der Waals surface area (Å²) in [6.45, 7) is 3.93. The van der Waals surface area contributed by atoms with Gasteiger partial charge in [-0.15, -0.1) is 0 Å². The first-order chi connectivity index (χ1) is 9.51. The average Bonchev–Trinajstić information content (AvgIpc) is 2.43. The van der Waals surface area contributed by atoms with E-state index in [-0.39, 0.29) is 0 Å². The summed E-state index contributed by atoms with van der Waals surface area (Å²) in [7, 11) is 4.03. The van der Waals surface area contributed by atoms with Gasteiger partial charge in [0.15, 0.2) is 0 Å². The fourth-order valence-corrected chi connectivity index (χ4v) is 2.00. The Kier molecular flexibility index (Phi) is 4.45. The van der Waals surface area contributed by atoms with Gasteiger partial charge < -0.3 is 10.2 Å². The van der Waals surface area contributed by atoms with Crippen molar-refractivity contribution in [3.63, 3.8) is 0 Å². The minimum atomic E-state index is 0.503. The smallest absolute Gasteiger partial charge is 0.138 e. The quantitative estimate of drug-likeness (QED) is 0.869. The molecule has 1 N–H and O–H groups in total. The maximum atomic E-state index is 6.15.